The zero-order chi connectivity index (χ0) is 11.7. The fourth-order valence-corrected chi connectivity index (χ4v) is 2.61. The van der Waals surface area contributed by atoms with E-state index in [-0.39, 0.29) is 0 Å². The molecule has 2 aliphatic rings. The van der Waals surface area contributed by atoms with Crippen molar-refractivity contribution in [3.05, 3.63) is 17.5 Å². The lowest BCUT2D eigenvalue weighted by molar-refractivity contribution is 0.127. The number of rotatable bonds is 5. The largest absolute Gasteiger partial charge is 0.381 e. The minimum atomic E-state index is 0.472. The van der Waals surface area contributed by atoms with Gasteiger partial charge in [0.1, 0.15) is 0 Å². The second-order valence-corrected chi connectivity index (χ2v) is 5.17. The summed E-state index contributed by atoms with van der Waals surface area (Å²) in [6.07, 6.45) is 4.79. The summed E-state index contributed by atoms with van der Waals surface area (Å²) in [5.41, 5.74) is 2.78. The standard InChI is InChI=1S/C13H21N3O/c1-2-17-9-12-6-14-5-11-7-15-16(13(11)12)8-10-3-4-10/h7,10,12,14H,2-6,8-9H2,1H3/t12-/m1/s1. The van der Waals surface area contributed by atoms with Gasteiger partial charge in [-0.15, -0.1) is 0 Å². The fraction of sp³-hybridized carbons (Fsp3) is 0.769. The lowest BCUT2D eigenvalue weighted by Gasteiger charge is -2.25. The molecule has 0 aromatic carbocycles. The second kappa shape index (κ2) is 4.78. The number of nitrogens with zero attached hydrogens (tertiary/aromatic N) is 2. The van der Waals surface area contributed by atoms with Crippen LogP contribution in [0.4, 0.5) is 0 Å². The number of nitrogens with one attached hydrogen (secondary N) is 1. The maximum atomic E-state index is 5.59. The van der Waals surface area contributed by atoms with E-state index in [1.165, 1.54) is 24.1 Å². The summed E-state index contributed by atoms with van der Waals surface area (Å²) in [4.78, 5) is 0. The first-order valence-corrected chi connectivity index (χ1v) is 6.71. The maximum Gasteiger partial charge on any atom is 0.0562 e. The smallest absolute Gasteiger partial charge is 0.0562 e. The molecule has 1 aromatic heterocycles. The molecule has 0 radical (unpaired) electrons. The van der Waals surface area contributed by atoms with Crippen molar-refractivity contribution >= 4 is 0 Å². The quantitative estimate of drug-likeness (QED) is 0.841. The number of hydrogen-bond donors (Lipinski definition) is 1. The van der Waals surface area contributed by atoms with Gasteiger partial charge in [0, 0.05) is 43.4 Å². The van der Waals surface area contributed by atoms with Gasteiger partial charge in [0.05, 0.1) is 12.8 Å². The predicted octanol–water partition coefficient (Wildman–Crippen LogP) is 1.52. The Kier molecular flexibility index (Phi) is 3.16. The molecule has 1 aliphatic carbocycles. The zero-order valence-electron chi connectivity index (χ0n) is 10.5. The molecule has 1 aliphatic heterocycles. The molecule has 4 heteroatoms. The van der Waals surface area contributed by atoms with Crippen LogP contribution in [0.5, 0.6) is 0 Å². The van der Waals surface area contributed by atoms with Crippen LogP contribution < -0.4 is 5.32 Å². The average Bonchev–Trinajstić information content (AvgIpc) is 3.07. The molecule has 0 spiro atoms. The topological polar surface area (TPSA) is 39.1 Å². The van der Waals surface area contributed by atoms with E-state index in [4.69, 9.17) is 4.74 Å². The van der Waals surface area contributed by atoms with Crippen LogP contribution in [0.3, 0.4) is 0 Å². The SMILES string of the molecule is CCOC[C@H]1CNCc2cnn(CC3CC3)c21. The van der Waals surface area contributed by atoms with Gasteiger partial charge in [-0.25, -0.2) is 0 Å². The van der Waals surface area contributed by atoms with E-state index >= 15 is 0 Å². The van der Waals surface area contributed by atoms with Crippen LogP contribution in [-0.2, 0) is 17.8 Å². The summed E-state index contributed by atoms with van der Waals surface area (Å²) in [6, 6.07) is 0. The van der Waals surface area contributed by atoms with Gasteiger partial charge >= 0.3 is 0 Å². The van der Waals surface area contributed by atoms with E-state index in [0.717, 1.165) is 38.8 Å². The summed E-state index contributed by atoms with van der Waals surface area (Å²) in [6.45, 7) is 6.75. The molecule has 2 heterocycles. The third kappa shape index (κ3) is 2.38. The van der Waals surface area contributed by atoms with E-state index in [0.29, 0.717) is 5.92 Å². The molecule has 0 bridgehead atoms. The van der Waals surface area contributed by atoms with Gasteiger partial charge in [0.25, 0.3) is 0 Å². The molecule has 0 amide bonds. The Bertz CT molecular complexity index is 384. The number of fused-ring (bicyclic) bond motifs is 1. The molecule has 0 unspecified atom stereocenters. The summed E-state index contributed by atoms with van der Waals surface area (Å²) in [5, 5.41) is 8.01. The van der Waals surface area contributed by atoms with Crippen molar-refractivity contribution in [3.8, 4) is 0 Å². The molecular formula is C13H21N3O. The molecule has 4 nitrogen and oxygen atoms in total. The third-order valence-corrected chi connectivity index (χ3v) is 3.70. The van der Waals surface area contributed by atoms with Gasteiger partial charge in [-0.3, -0.25) is 4.68 Å². The highest BCUT2D eigenvalue weighted by Gasteiger charge is 2.28. The molecule has 3 rings (SSSR count). The fourth-order valence-electron chi connectivity index (χ4n) is 2.61. The first-order chi connectivity index (χ1) is 8.38. The van der Waals surface area contributed by atoms with Crippen LogP contribution in [0.1, 0.15) is 36.9 Å². The molecule has 1 fully saturated rings. The van der Waals surface area contributed by atoms with Crippen LogP contribution in [0, 0.1) is 5.92 Å². The predicted molar refractivity (Wildman–Crippen MR) is 65.9 cm³/mol. The van der Waals surface area contributed by atoms with Gasteiger partial charge in [-0.05, 0) is 25.7 Å². The Morgan fingerprint density at radius 1 is 1.53 bits per heavy atom. The minimum absolute atomic E-state index is 0.472. The lowest BCUT2D eigenvalue weighted by atomic mass is 9.98. The molecule has 17 heavy (non-hydrogen) atoms. The first kappa shape index (κ1) is 11.2. The van der Waals surface area contributed by atoms with Crippen molar-refractivity contribution in [1.82, 2.24) is 15.1 Å². The van der Waals surface area contributed by atoms with Gasteiger partial charge in [0.15, 0.2) is 0 Å². The molecule has 0 saturated heterocycles. The van der Waals surface area contributed by atoms with Crippen LogP contribution >= 0.6 is 0 Å². The van der Waals surface area contributed by atoms with Crippen molar-refractivity contribution < 1.29 is 4.74 Å². The van der Waals surface area contributed by atoms with E-state index in [2.05, 4.69) is 22.0 Å². The van der Waals surface area contributed by atoms with Crippen LogP contribution in [0.25, 0.3) is 0 Å². The number of hydrogen-bond acceptors (Lipinski definition) is 3. The van der Waals surface area contributed by atoms with Crippen LogP contribution in [0.2, 0.25) is 0 Å². The monoisotopic (exact) mass is 235 g/mol. The molecule has 1 atom stereocenters. The summed E-state index contributed by atoms with van der Waals surface area (Å²) < 4.78 is 7.83. The Hall–Kier alpha value is -0.870. The highest BCUT2D eigenvalue weighted by atomic mass is 16.5. The Labute approximate surface area is 102 Å². The number of aromatic nitrogens is 2. The van der Waals surface area contributed by atoms with Crippen molar-refractivity contribution in [1.29, 1.82) is 0 Å². The summed E-state index contributed by atoms with van der Waals surface area (Å²) >= 11 is 0. The lowest BCUT2D eigenvalue weighted by Crippen LogP contribution is -2.32. The van der Waals surface area contributed by atoms with Gasteiger partial charge in [-0.2, -0.15) is 5.10 Å². The molecule has 1 saturated carbocycles. The molecule has 1 aromatic rings. The van der Waals surface area contributed by atoms with Crippen LogP contribution in [-0.4, -0.2) is 29.5 Å². The van der Waals surface area contributed by atoms with E-state index in [1.807, 2.05) is 6.20 Å². The summed E-state index contributed by atoms with van der Waals surface area (Å²) in [5.74, 6) is 1.35. The Morgan fingerprint density at radius 3 is 3.18 bits per heavy atom. The van der Waals surface area contributed by atoms with E-state index < -0.39 is 0 Å². The molecule has 1 N–H and O–H groups in total. The van der Waals surface area contributed by atoms with Crippen molar-refractivity contribution in [2.75, 3.05) is 19.8 Å². The highest BCUT2D eigenvalue weighted by molar-refractivity contribution is 5.25. The van der Waals surface area contributed by atoms with Crippen molar-refractivity contribution in [2.45, 2.75) is 38.8 Å². The normalized spacial score (nSPS) is 23.7. The van der Waals surface area contributed by atoms with Gasteiger partial charge in [0.2, 0.25) is 0 Å². The average molecular weight is 235 g/mol. The summed E-state index contributed by atoms with van der Waals surface area (Å²) in [7, 11) is 0. The zero-order valence-corrected chi connectivity index (χ0v) is 10.5. The van der Waals surface area contributed by atoms with Gasteiger partial charge in [-0.1, -0.05) is 0 Å². The van der Waals surface area contributed by atoms with E-state index in [9.17, 15) is 0 Å². The van der Waals surface area contributed by atoms with Crippen molar-refractivity contribution in [3.63, 3.8) is 0 Å². The van der Waals surface area contributed by atoms with Crippen LogP contribution in [0.15, 0.2) is 6.20 Å². The number of ether oxygens (including phenoxy) is 1. The first-order valence-electron chi connectivity index (χ1n) is 6.71. The highest BCUT2D eigenvalue weighted by Crippen LogP contribution is 2.33. The van der Waals surface area contributed by atoms with Gasteiger partial charge < -0.3 is 10.1 Å². The van der Waals surface area contributed by atoms with Crippen molar-refractivity contribution in [2.24, 2.45) is 5.92 Å². The molecular weight excluding hydrogens is 214 g/mol. The van der Waals surface area contributed by atoms with E-state index in [1.54, 1.807) is 0 Å². The second-order valence-electron chi connectivity index (χ2n) is 5.17. The third-order valence-electron chi connectivity index (χ3n) is 3.70. The Balaban J connectivity index is 1.79. The maximum absolute atomic E-state index is 5.59. The Morgan fingerprint density at radius 2 is 2.41 bits per heavy atom. The minimum Gasteiger partial charge on any atom is -0.381 e. The molecule has 94 valence electrons.